The molecule has 1 aromatic heterocycles. The Labute approximate surface area is 147 Å². The molecule has 0 aliphatic heterocycles. The number of anilines is 3. The Balaban J connectivity index is 1.88. The van der Waals surface area contributed by atoms with Gasteiger partial charge < -0.3 is 25.2 Å². The lowest BCUT2D eigenvalue weighted by atomic mass is 10.2. The minimum atomic E-state index is -0.113. The molecule has 0 spiro atoms. The molecule has 7 heteroatoms. The fourth-order valence-corrected chi connectivity index (χ4v) is 2.49. The smallest absolute Gasteiger partial charge is 0.225 e. The van der Waals surface area contributed by atoms with Gasteiger partial charge in [-0.1, -0.05) is 0 Å². The Morgan fingerprint density at radius 1 is 1.20 bits per heavy atom. The van der Waals surface area contributed by atoms with E-state index in [1.807, 2.05) is 31.2 Å². The number of rotatable bonds is 8. The second-order valence-electron chi connectivity index (χ2n) is 6.20. The van der Waals surface area contributed by atoms with Crippen LogP contribution in [0, 0.1) is 0 Å². The maximum Gasteiger partial charge on any atom is 0.225 e. The third kappa shape index (κ3) is 4.30. The monoisotopic (exact) mass is 344 g/mol. The van der Waals surface area contributed by atoms with Crippen LogP contribution in [0.5, 0.6) is 11.5 Å². The average molecular weight is 344 g/mol. The minimum Gasteiger partial charge on any atom is -0.497 e. The van der Waals surface area contributed by atoms with E-state index in [0.29, 0.717) is 23.4 Å². The zero-order valence-electron chi connectivity index (χ0n) is 14.7. The Kier molecular flexibility index (Phi) is 5.23. The highest BCUT2D eigenvalue weighted by Gasteiger charge is 2.26. The van der Waals surface area contributed by atoms with E-state index < -0.39 is 0 Å². The molecule has 3 rings (SSSR count). The molecule has 0 radical (unpaired) electrons. The van der Waals surface area contributed by atoms with Crippen molar-refractivity contribution < 1.29 is 14.6 Å². The summed E-state index contributed by atoms with van der Waals surface area (Å²) in [5.41, 5.74) is 1.81. The normalized spacial score (nSPS) is 14.7. The second kappa shape index (κ2) is 7.57. The molecular weight excluding hydrogens is 320 g/mol. The van der Waals surface area contributed by atoms with Crippen molar-refractivity contribution in [2.75, 3.05) is 31.5 Å². The van der Waals surface area contributed by atoms with E-state index in [2.05, 4.69) is 20.6 Å². The summed E-state index contributed by atoms with van der Waals surface area (Å²) in [4.78, 5) is 9.08. The molecule has 0 amide bonds. The van der Waals surface area contributed by atoms with Gasteiger partial charge in [-0.25, -0.2) is 4.98 Å². The van der Waals surface area contributed by atoms with Crippen molar-refractivity contribution in [1.29, 1.82) is 0 Å². The zero-order valence-corrected chi connectivity index (χ0v) is 14.7. The van der Waals surface area contributed by atoms with Gasteiger partial charge in [0.2, 0.25) is 5.95 Å². The van der Waals surface area contributed by atoms with Gasteiger partial charge in [0.15, 0.2) is 0 Å². The Morgan fingerprint density at radius 2 is 2.00 bits per heavy atom. The first kappa shape index (κ1) is 17.3. The van der Waals surface area contributed by atoms with E-state index >= 15 is 0 Å². The van der Waals surface area contributed by atoms with Crippen LogP contribution in [0.15, 0.2) is 24.3 Å². The van der Waals surface area contributed by atoms with Crippen LogP contribution in [0.2, 0.25) is 0 Å². The van der Waals surface area contributed by atoms with Crippen molar-refractivity contribution in [2.45, 2.75) is 31.7 Å². The number of nitrogens with zero attached hydrogens (tertiary/aromatic N) is 2. The molecule has 0 bridgehead atoms. The van der Waals surface area contributed by atoms with Gasteiger partial charge in [-0.3, -0.25) is 0 Å². The lowest BCUT2D eigenvalue weighted by molar-refractivity contribution is 0.281. The molecule has 1 aromatic carbocycles. The molecule has 7 nitrogen and oxygen atoms in total. The largest absolute Gasteiger partial charge is 0.497 e. The van der Waals surface area contributed by atoms with Crippen LogP contribution in [-0.2, 0) is 0 Å². The van der Waals surface area contributed by atoms with E-state index in [1.165, 1.54) is 0 Å². The summed E-state index contributed by atoms with van der Waals surface area (Å²) in [6.45, 7) is 1.90. The summed E-state index contributed by atoms with van der Waals surface area (Å²) in [5.74, 6) is 3.09. The third-order valence-electron chi connectivity index (χ3n) is 4.06. The standard InChI is InChI=1S/C18H24N4O3/c1-11(10-23)19-18-21-15(12-4-5-12)9-17(22-18)20-14-7-6-13(24-2)8-16(14)25-3/h6-9,11-12,23H,4-5,10H2,1-3H3,(H2,19,20,21,22)/t11-/m0/s1. The molecular formula is C18H24N4O3. The van der Waals surface area contributed by atoms with Crippen LogP contribution in [0.1, 0.15) is 31.4 Å². The first-order valence-electron chi connectivity index (χ1n) is 8.38. The van der Waals surface area contributed by atoms with Gasteiger partial charge >= 0.3 is 0 Å². The maximum atomic E-state index is 9.25. The van der Waals surface area contributed by atoms with Gasteiger partial charge in [0.25, 0.3) is 0 Å². The predicted octanol–water partition coefficient (Wildman–Crippen LogP) is 2.91. The number of methoxy groups -OCH3 is 2. The van der Waals surface area contributed by atoms with Crippen molar-refractivity contribution >= 4 is 17.5 Å². The molecule has 25 heavy (non-hydrogen) atoms. The third-order valence-corrected chi connectivity index (χ3v) is 4.06. The summed E-state index contributed by atoms with van der Waals surface area (Å²) < 4.78 is 10.7. The highest BCUT2D eigenvalue weighted by molar-refractivity contribution is 5.66. The first-order chi connectivity index (χ1) is 12.1. The van der Waals surface area contributed by atoms with Crippen LogP contribution in [0.4, 0.5) is 17.5 Å². The maximum absolute atomic E-state index is 9.25. The molecule has 134 valence electrons. The van der Waals surface area contributed by atoms with Crippen molar-refractivity contribution in [3.8, 4) is 11.5 Å². The fourth-order valence-electron chi connectivity index (χ4n) is 2.49. The van der Waals surface area contributed by atoms with Gasteiger partial charge in [0, 0.05) is 24.1 Å². The van der Waals surface area contributed by atoms with Gasteiger partial charge in [-0.05, 0) is 31.9 Å². The van der Waals surface area contributed by atoms with E-state index in [4.69, 9.17) is 9.47 Å². The lowest BCUT2D eigenvalue weighted by Gasteiger charge is -2.15. The second-order valence-corrected chi connectivity index (χ2v) is 6.20. The van der Waals surface area contributed by atoms with Crippen molar-refractivity contribution in [3.05, 3.63) is 30.0 Å². The summed E-state index contributed by atoms with van der Waals surface area (Å²) >= 11 is 0. The number of aliphatic hydroxyl groups is 1. The summed E-state index contributed by atoms with van der Waals surface area (Å²) in [5, 5.41) is 15.7. The van der Waals surface area contributed by atoms with Gasteiger partial charge in [-0.2, -0.15) is 4.98 Å². The van der Waals surface area contributed by atoms with Crippen LogP contribution < -0.4 is 20.1 Å². The van der Waals surface area contributed by atoms with E-state index in [-0.39, 0.29) is 12.6 Å². The van der Waals surface area contributed by atoms with Crippen molar-refractivity contribution in [1.82, 2.24) is 9.97 Å². The Morgan fingerprint density at radius 3 is 2.64 bits per heavy atom. The van der Waals surface area contributed by atoms with Gasteiger partial charge in [0.1, 0.15) is 17.3 Å². The van der Waals surface area contributed by atoms with Crippen LogP contribution in [0.3, 0.4) is 0 Å². The van der Waals surface area contributed by atoms with Crippen LogP contribution in [0.25, 0.3) is 0 Å². The van der Waals surface area contributed by atoms with E-state index in [9.17, 15) is 5.11 Å². The molecule has 1 atom stereocenters. The minimum absolute atomic E-state index is 0.0199. The molecule has 1 fully saturated rings. The number of ether oxygens (including phenoxy) is 2. The first-order valence-corrected chi connectivity index (χ1v) is 8.38. The predicted molar refractivity (Wildman–Crippen MR) is 97.0 cm³/mol. The molecule has 3 N–H and O–H groups in total. The summed E-state index contributed by atoms with van der Waals surface area (Å²) in [7, 11) is 3.24. The number of aromatic nitrogens is 2. The average Bonchev–Trinajstić information content (AvgIpc) is 3.47. The molecule has 2 aromatic rings. The highest BCUT2D eigenvalue weighted by atomic mass is 16.5. The molecule has 0 saturated heterocycles. The molecule has 1 aliphatic rings. The van der Waals surface area contributed by atoms with Gasteiger partial charge in [0.05, 0.1) is 32.2 Å². The number of nitrogens with one attached hydrogen (secondary N) is 2. The van der Waals surface area contributed by atoms with Gasteiger partial charge in [-0.15, -0.1) is 0 Å². The molecule has 1 aliphatic carbocycles. The number of aliphatic hydroxyl groups excluding tert-OH is 1. The van der Waals surface area contributed by atoms with E-state index in [1.54, 1.807) is 14.2 Å². The quantitative estimate of drug-likeness (QED) is 0.678. The summed E-state index contributed by atoms with van der Waals surface area (Å²) in [6, 6.07) is 7.42. The Hall–Kier alpha value is -2.54. The van der Waals surface area contributed by atoms with Crippen LogP contribution in [-0.4, -0.2) is 41.9 Å². The SMILES string of the molecule is COc1ccc(Nc2cc(C3CC3)nc(N[C@@H](C)CO)n2)c(OC)c1. The highest BCUT2D eigenvalue weighted by Crippen LogP contribution is 2.40. The fraction of sp³-hybridized carbons (Fsp3) is 0.444. The molecule has 0 unspecified atom stereocenters. The number of benzene rings is 1. The van der Waals surface area contributed by atoms with Crippen LogP contribution >= 0.6 is 0 Å². The van der Waals surface area contributed by atoms with E-state index in [0.717, 1.165) is 30.0 Å². The van der Waals surface area contributed by atoms with Crippen molar-refractivity contribution in [3.63, 3.8) is 0 Å². The summed E-state index contributed by atoms with van der Waals surface area (Å²) in [6.07, 6.45) is 2.30. The zero-order chi connectivity index (χ0) is 17.8. The lowest BCUT2D eigenvalue weighted by Crippen LogP contribution is -2.21. The number of hydrogen-bond donors (Lipinski definition) is 3. The Bertz CT molecular complexity index is 734. The molecule has 1 heterocycles. The number of hydrogen-bond acceptors (Lipinski definition) is 7. The van der Waals surface area contributed by atoms with Crippen molar-refractivity contribution in [2.24, 2.45) is 0 Å². The topological polar surface area (TPSA) is 88.5 Å². The molecule has 1 saturated carbocycles.